The van der Waals surface area contributed by atoms with Gasteiger partial charge in [-0.1, -0.05) is 30.3 Å². The van der Waals surface area contributed by atoms with Crippen molar-refractivity contribution in [2.24, 2.45) is 21.7 Å². The van der Waals surface area contributed by atoms with Gasteiger partial charge in [0.2, 0.25) is 5.96 Å². The van der Waals surface area contributed by atoms with Gasteiger partial charge in [-0.3, -0.25) is 9.78 Å². The average molecular weight is 510 g/mol. The Morgan fingerprint density at radius 3 is 2.31 bits per heavy atom. The van der Waals surface area contributed by atoms with Crippen molar-refractivity contribution in [3.63, 3.8) is 0 Å². The molecular weight excluding hydrogens is 485 g/mol. The van der Waals surface area contributed by atoms with E-state index >= 15 is 0 Å². The lowest BCUT2D eigenvalue weighted by atomic mass is 10.1. The van der Waals surface area contributed by atoms with Crippen LogP contribution in [-0.4, -0.2) is 22.6 Å². The van der Waals surface area contributed by atoms with Crippen molar-refractivity contribution >= 4 is 70.4 Å². The molecule has 4 rings (SSSR count). The highest BCUT2D eigenvalue weighted by atomic mass is 35.5. The van der Waals surface area contributed by atoms with Crippen LogP contribution in [0.1, 0.15) is 22.8 Å². The summed E-state index contributed by atoms with van der Waals surface area (Å²) in [4.78, 5) is 17.1. The molecule has 35 heavy (non-hydrogen) atoms. The van der Waals surface area contributed by atoms with E-state index in [1.165, 1.54) is 0 Å². The van der Waals surface area contributed by atoms with Crippen molar-refractivity contribution < 1.29 is 4.79 Å². The Bertz CT molecular complexity index is 1360. The number of carbonyl (C=O) groups excluding carboxylic acids is 1. The molecule has 1 amide bonds. The molecule has 0 bridgehead atoms. The first-order valence-corrected chi connectivity index (χ1v) is 10.3. The minimum Gasteiger partial charge on any atom is -0.369 e. The normalized spacial score (nSPS) is 10.5. The third kappa shape index (κ3) is 6.92. The zero-order chi connectivity index (χ0) is 23.2. The number of para-hydroxylation sites is 1. The zero-order valence-corrected chi connectivity index (χ0v) is 20.4. The van der Waals surface area contributed by atoms with Crippen LogP contribution in [0.3, 0.4) is 0 Å². The van der Waals surface area contributed by atoms with Crippen LogP contribution in [-0.2, 0) is 0 Å². The van der Waals surface area contributed by atoms with Crippen LogP contribution in [0.2, 0.25) is 0 Å². The van der Waals surface area contributed by atoms with E-state index in [9.17, 15) is 4.79 Å². The first-order chi connectivity index (χ1) is 16.0. The number of fused-ring (bicyclic) bond motifs is 1. The number of nitrogens with two attached hydrogens (primary N) is 2. The molecule has 10 heteroatoms. The van der Waals surface area contributed by atoms with Crippen LogP contribution in [0.15, 0.2) is 95.3 Å². The predicted molar refractivity (Wildman–Crippen MR) is 148 cm³/mol. The minimum atomic E-state index is -0.216. The Morgan fingerprint density at radius 1 is 0.829 bits per heavy atom. The van der Waals surface area contributed by atoms with Gasteiger partial charge in [-0.25, -0.2) is 0 Å². The number of pyridine rings is 1. The summed E-state index contributed by atoms with van der Waals surface area (Å²) < 4.78 is 0. The number of anilines is 3. The van der Waals surface area contributed by atoms with Gasteiger partial charge in [0.15, 0.2) is 0 Å². The Labute approximate surface area is 215 Å². The highest BCUT2D eigenvalue weighted by Crippen LogP contribution is 2.25. The van der Waals surface area contributed by atoms with Crippen LogP contribution in [0.25, 0.3) is 10.9 Å². The second-order valence-corrected chi connectivity index (χ2v) is 7.32. The van der Waals surface area contributed by atoms with E-state index in [0.29, 0.717) is 17.0 Å². The number of aromatic nitrogens is 1. The zero-order valence-electron chi connectivity index (χ0n) is 18.8. The maximum absolute atomic E-state index is 12.7. The molecule has 3 aromatic carbocycles. The topological polar surface area (TPSA) is 131 Å². The van der Waals surface area contributed by atoms with Gasteiger partial charge in [-0.2, -0.15) is 5.10 Å². The molecule has 0 aliphatic heterocycles. The number of halogens is 2. The van der Waals surface area contributed by atoms with Gasteiger partial charge in [0.1, 0.15) is 0 Å². The first-order valence-electron chi connectivity index (χ1n) is 10.3. The Balaban J connectivity index is 0.00000216. The van der Waals surface area contributed by atoms with E-state index in [1.807, 2.05) is 60.7 Å². The summed E-state index contributed by atoms with van der Waals surface area (Å²) in [6.45, 7) is 1.78. The predicted octanol–water partition coefficient (Wildman–Crippen LogP) is 5.07. The first kappa shape index (κ1) is 27.1. The molecule has 180 valence electrons. The van der Waals surface area contributed by atoms with Crippen molar-refractivity contribution in [1.82, 2.24) is 4.98 Å². The number of carbonyl (C=O) groups is 1. The van der Waals surface area contributed by atoms with Gasteiger partial charge in [0.05, 0.1) is 11.2 Å². The van der Waals surface area contributed by atoms with E-state index in [4.69, 9.17) is 11.5 Å². The lowest BCUT2D eigenvalue weighted by molar-refractivity contribution is 0.102. The van der Waals surface area contributed by atoms with Gasteiger partial charge < -0.3 is 22.1 Å². The third-order valence-electron chi connectivity index (χ3n) is 4.93. The molecule has 1 aromatic heterocycles. The van der Waals surface area contributed by atoms with Crippen molar-refractivity contribution in [1.29, 1.82) is 0 Å². The fourth-order valence-corrected chi connectivity index (χ4v) is 3.28. The Kier molecular flexibility index (Phi) is 9.57. The van der Waals surface area contributed by atoms with Crippen molar-refractivity contribution in [3.8, 4) is 0 Å². The highest BCUT2D eigenvalue weighted by molar-refractivity contribution is 6.06. The van der Waals surface area contributed by atoms with Crippen LogP contribution in [0, 0.1) is 0 Å². The van der Waals surface area contributed by atoms with E-state index in [1.54, 1.807) is 31.3 Å². The van der Waals surface area contributed by atoms with Gasteiger partial charge >= 0.3 is 0 Å². The smallest absolute Gasteiger partial charge is 0.255 e. The second kappa shape index (κ2) is 12.4. The number of hydrogen-bond donors (Lipinski definition) is 4. The molecule has 0 aliphatic rings. The molecule has 4 aromatic rings. The molecule has 0 unspecified atom stereocenters. The number of nitrogens with one attached hydrogen (secondary N) is 2. The molecule has 0 saturated carbocycles. The summed E-state index contributed by atoms with van der Waals surface area (Å²) >= 11 is 0. The van der Waals surface area contributed by atoms with E-state index in [0.717, 1.165) is 27.8 Å². The number of hydrogen-bond acceptors (Lipinski definition) is 5. The van der Waals surface area contributed by atoms with E-state index in [-0.39, 0.29) is 36.7 Å². The standard InChI is InChI=1S/C25H23N7O.2ClH/c1-16(31-32-25(26)27)18-5-4-6-20(15-18)30-24(33)17-9-11-19(12-10-17)29-23-13-14-28-22-8-3-2-7-21(22)23;;/h2-15H,1H3,(H,28,29)(H,30,33)(H4,26,27,32);2*1H. The Morgan fingerprint density at radius 2 is 1.57 bits per heavy atom. The second-order valence-electron chi connectivity index (χ2n) is 7.32. The lowest BCUT2D eigenvalue weighted by Crippen LogP contribution is -2.22. The molecule has 6 N–H and O–H groups in total. The molecule has 8 nitrogen and oxygen atoms in total. The number of benzene rings is 3. The van der Waals surface area contributed by atoms with Gasteiger partial charge in [-0.05, 0) is 61.0 Å². The highest BCUT2D eigenvalue weighted by Gasteiger charge is 2.08. The summed E-state index contributed by atoms with van der Waals surface area (Å²) in [5.41, 5.74) is 16.0. The Hall–Kier alpha value is -4.14. The molecule has 0 radical (unpaired) electrons. The van der Waals surface area contributed by atoms with Crippen molar-refractivity contribution in [2.75, 3.05) is 10.6 Å². The SMILES string of the molecule is CC(=NN=C(N)N)c1cccc(NC(=O)c2ccc(Nc3ccnc4ccccc34)cc2)c1.Cl.Cl. The fourth-order valence-electron chi connectivity index (χ4n) is 3.28. The maximum atomic E-state index is 12.7. The number of rotatable bonds is 6. The fraction of sp³-hybridized carbons (Fsp3) is 0.0400. The number of guanidine groups is 1. The molecular formula is C25H25Cl2N7O. The molecule has 0 atom stereocenters. The van der Waals surface area contributed by atoms with Crippen molar-refractivity contribution in [3.05, 3.63) is 96.2 Å². The van der Waals surface area contributed by atoms with Crippen LogP contribution in [0.4, 0.5) is 17.1 Å². The third-order valence-corrected chi connectivity index (χ3v) is 4.93. The summed E-state index contributed by atoms with van der Waals surface area (Å²) in [7, 11) is 0. The number of amides is 1. The van der Waals surface area contributed by atoms with Gasteiger partial charge in [-0.15, -0.1) is 29.9 Å². The van der Waals surface area contributed by atoms with Crippen LogP contribution < -0.4 is 22.1 Å². The van der Waals surface area contributed by atoms with Crippen molar-refractivity contribution in [2.45, 2.75) is 6.92 Å². The van der Waals surface area contributed by atoms with Gasteiger partial charge in [0.25, 0.3) is 5.91 Å². The van der Waals surface area contributed by atoms with Crippen LogP contribution in [0.5, 0.6) is 0 Å². The molecule has 0 aliphatic carbocycles. The summed E-state index contributed by atoms with van der Waals surface area (Å²) in [5.74, 6) is -0.333. The molecule has 1 heterocycles. The summed E-state index contributed by atoms with van der Waals surface area (Å²) in [5, 5.41) is 14.9. The van der Waals surface area contributed by atoms with Crippen LogP contribution >= 0.6 is 24.8 Å². The molecule has 0 saturated heterocycles. The van der Waals surface area contributed by atoms with E-state index in [2.05, 4.69) is 25.8 Å². The molecule has 0 spiro atoms. The largest absolute Gasteiger partial charge is 0.369 e. The number of nitrogens with zero attached hydrogens (tertiary/aromatic N) is 3. The average Bonchev–Trinajstić information content (AvgIpc) is 2.83. The molecule has 0 fully saturated rings. The minimum absolute atomic E-state index is 0. The monoisotopic (exact) mass is 509 g/mol. The maximum Gasteiger partial charge on any atom is 0.255 e. The van der Waals surface area contributed by atoms with E-state index < -0.39 is 0 Å². The quantitative estimate of drug-likeness (QED) is 0.163. The summed E-state index contributed by atoms with van der Waals surface area (Å²) in [6.07, 6.45) is 1.77. The summed E-state index contributed by atoms with van der Waals surface area (Å²) in [6, 6.07) is 24.4. The lowest BCUT2D eigenvalue weighted by Gasteiger charge is -2.11. The van der Waals surface area contributed by atoms with Gasteiger partial charge in [0, 0.05) is 34.2 Å².